The van der Waals surface area contributed by atoms with Gasteiger partial charge in [-0.2, -0.15) is 5.26 Å². The van der Waals surface area contributed by atoms with Crippen LogP contribution in [0.25, 0.3) is 0 Å². The zero-order chi connectivity index (χ0) is 14.7. The first kappa shape index (κ1) is 13.9. The van der Waals surface area contributed by atoms with Crippen LogP contribution >= 0.6 is 15.9 Å². The van der Waals surface area contributed by atoms with Crippen molar-refractivity contribution in [2.45, 2.75) is 0 Å². The molecule has 0 spiro atoms. The minimum Gasteiger partial charge on any atom is -0.507 e. The predicted molar refractivity (Wildman–Crippen MR) is 79.3 cm³/mol. The van der Waals surface area contributed by atoms with Crippen molar-refractivity contribution in [3.05, 3.63) is 52.0 Å². The molecule has 0 aliphatic heterocycles. The zero-order valence-corrected chi connectivity index (χ0v) is 11.8. The molecular weight excluding hydrogens is 322 g/mol. The summed E-state index contributed by atoms with van der Waals surface area (Å²) < 4.78 is 0.665. The molecular formula is C14H10BrN3O2. The number of carbonyl (C=O) groups excluding carboxylic acids is 1. The van der Waals surface area contributed by atoms with Crippen LogP contribution in [0.2, 0.25) is 0 Å². The minimum atomic E-state index is -0.509. The van der Waals surface area contributed by atoms with Crippen molar-refractivity contribution in [3.63, 3.8) is 0 Å². The van der Waals surface area contributed by atoms with E-state index in [0.717, 1.165) is 0 Å². The molecule has 0 aliphatic rings. The Morgan fingerprint density at radius 2 is 2.05 bits per heavy atom. The SMILES string of the molecule is N#Cc1cc(N)ccc1NC(=O)c1cc(Br)ccc1O. The van der Waals surface area contributed by atoms with Crippen molar-refractivity contribution < 1.29 is 9.90 Å². The van der Waals surface area contributed by atoms with E-state index in [4.69, 9.17) is 11.0 Å². The van der Waals surface area contributed by atoms with Crippen LogP contribution in [0.1, 0.15) is 15.9 Å². The van der Waals surface area contributed by atoms with Crippen LogP contribution in [0, 0.1) is 11.3 Å². The van der Waals surface area contributed by atoms with E-state index >= 15 is 0 Å². The molecule has 1 amide bonds. The third-order valence-electron chi connectivity index (χ3n) is 2.62. The summed E-state index contributed by atoms with van der Waals surface area (Å²) in [6.07, 6.45) is 0. The minimum absolute atomic E-state index is 0.111. The number of nitriles is 1. The predicted octanol–water partition coefficient (Wildman–Crippen LogP) is 2.86. The van der Waals surface area contributed by atoms with Crippen molar-refractivity contribution in [2.24, 2.45) is 0 Å². The fraction of sp³-hybridized carbons (Fsp3) is 0. The highest BCUT2D eigenvalue weighted by Gasteiger charge is 2.13. The molecule has 0 saturated heterocycles. The lowest BCUT2D eigenvalue weighted by Crippen LogP contribution is -2.13. The topological polar surface area (TPSA) is 99.1 Å². The van der Waals surface area contributed by atoms with Gasteiger partial charge in [0.25, 0.3) is 5.91 Å². The highest BCUT2D eigenvalue weighted by atomic mass is 79.9. The Morgan fingerprint density at radius 1 is 1.30 bits per heavy atom. The Bertz CT molecular complexity index is 723. The molecule has 2 aromatic rings. The number of anilines is 2. The summed E-state index contributed by atoms with van der Waals surface area (Å²) in [5.41, 5.74) is 6.72. The van der Waals surface area contributed by atoms with Gasteiger partial charge < -0.3 is 16.2 Å². The summed E-state index contributed by atoms with van der Waals surface area (Å²) in [5.74, 6) is -0.648. The molecule has 2 aromatic carbocycles. The molecule has 4 N–H and O–H groups in total. The molecule has 6 heteroatoms. The van der Waals surface area contributed by atoms with E-state index in [1.165, 1.54) is 18.2 Å². The van der Waals surface area contributed by atoms with E-state index in [0.29, 0.717) is 15.8 Å². The number of hydrogen-bond donors (Lipinski definition) is 3. The van der Waals surface area contributed by atoms with E-state index in [1.807, 2.05) is 6.07 Å². The fourth-order valence-electron chi connectivity index (χ4n) is 1.64. The van der Waals surface area contributed by atoms with Gasteiger partial charge in [0.1, 0.15) is 11.8 Å². The molecule has 100 valence electrons. The maximum atomic E-state index is 12.1. The molecule has 0 aliphatic carbocycles. The van der Waals surface area contributed by atoms with E-state index < -0.39 is 5.91 Å². The van der Waals surface area contributed by atoms with Gasteiger partial charge in [-0.25, -0.2) is 0 Å². The molecule has 0 fully saturated rings. The average Bonchev–Trinajstić information content (AvgIpc) is 2.43. The number of hydrogen-bond acceptors (Lipinski definition) is 4. The number of nitrogens with one attached hydrogen (secondary N) is 1. The number of nitrogens with two attached hydrogens (primary N) is 1. The van der Waals surface area contributed by atoms with Crippen LogP contribution in [0.5, 0.6) is 5.75 Å². The zero-order valence-electron chi connectivity index (χ0n) is 10.2. The molecule has 20 heavy (non-hydrogen) atoms. The fourth-order valence-corrected chi connectivity index (χ4v) is 2.00. The summed E-state index contributed by atoms with van der Waals surface area (Å²) in [5, 5.41) is 21.3. The molecule has 0 saturated carbocycles. The van der Waals surface area contributed by atoms with Crippen molar-refractivity contribution in [3.8, 4) is 11.8 Å². The molecule has 5 nitrogen and oxygen atoms in total. The van der Waals surface area contributed by atoms with Crippen LogP contribution in [0.3, 0.4) is 0 Å². The van der Waals surface area contributed by atoms with E-state index in [-0.39, 0.29) is 16.9 Å². The van der Waals surface area contributed by atoms with Crippen LogP contribution in [0.15, 0.2) is 40.9 Å². The van der Waals surface area contributed by atoms with Gasteiger partial charge in [0.2, 0.25) is 0 Å². The van der Waals surface area contributed by atoms with Gasteiger partial charge in [-0.05, 0) is 36.4 Å². The van der Waals surface area contributed by atoms with Gasteiger partial charge in [-0.1, -0.05) is 15.9 Å². The number of phenolic OH excluding ortho intramolecular Hbond substituents is 1. The number of aromatic hydroxyl groups is 1. The number of phenols is 1. The lowest BCUT2D eigenvalue weighted by Gasteiger charge is -2.09. The number of rotatable bonds is 2. The summed E-state index contributed by atoms with van der Waals surface area (Å²) in [7, 11) is 0. The first-order chi connectivity index (χ1) is 9.51. The van der Waals surface area contributed by atoms with Crippen LogP contribution in [0.4, 0.5) is 11.4 Å². The average molecular weight is 332 g/mol. The normalized spacial score (nSPS) is 9.80. The summed E-state index contributed by atoms with van der Waals surface area (Å²) >= 11 is 3.23. The number of amides is 1. The highest BCUT2D eigenvalue weighted by Crippen LogP contribution is 2.24. The monoisotopic (exact) mass is 331 g/mol. The summed E-state index contributed by atoms with van der Waals surface area (Å²) in [4.78, 5) is 12.1. The number of benzene rings is 2. The largest absolute Gasteiger partial charge is 0.507 e. The van der Waals surface area contributed by atoms with Crippen LogP contribution < -0.4 is 11.1 Å². The molecule has 2 rings (SSSR count). The Balaban J connectivity index is 2.33. The molecule has 0 unspecified atom stereocenters. The number of carbonyl (C=O) groups is 1. The van der Waals surface area contributed by atoms with Gasteiger partial charge in [-0.15, -0.1) is 0 Å². The quantitative estimate of drug-likeness (QED) is 0.736. The smallest absolute Gasteiger partial charge is 0.259 e. The first-order valence-corrected chi connectivity index (χ1v) is 6.40. The lowest BCUT2D eigenvalue weighted by atomic mass is 10.1. The van der Waals surface area contributed by atoms with Crippen molar-refractivity contribution in [1.29, 1.82) is 5.26 Å². The molecule has 0 bridgehead atoms. The van der Waals surface area contributed by atoms with Gasteiger partial charge in [-0.3, -0.25) is 4.79 Å². The maximum Gasteiger partial charge on any atom is 0.259 e. The van der Waals surface area contributed by atoms with Crippen molar-refractivity contribution in [1.82, 2.24) is 0 Å². The summed E-state index contributed by atoms with van der Waals surface area (Å²) in [6, 6.07) is 11.1. The maximum absolute atomic E-state index is 12.1. The van der Waals surface area contributed by atoms with Crippen molar-refractivity contribution >= 4 is 33.2 Å². The van der Waals surface area contributed by atoms with Crippen LogP contribution in [-0.4, -0.2) is 11.0 Å². The molecule has 0 heterocycles. The standard InChI is InChI=1S/C14H10BrN3O2/c15-9-1-4-13(19)11(6-9)14(20)18-12-3-2-10(17)5-8(12)7-16/h1-6,19H,17H2,(H,18,20). The summed E-state index contributed by atoms with van der Waals surface area (Å²) in [6.45, 7) is 0. The van der Waals surface area contributed by atoms with Gasteiger partial charge in [0.15, 0.2) is 0 Å². The molecule has 0 aromatic heterocycles. The Kier molecular flexibility index (Phi) is 3.91. The second-order valence-corrected chi connectivity index (χ2v) is 4.95. The highest BCUT2D eigenvalue weighted by molar-refractivity contribution is 9.10. The number of nitrogens with zero attached hydrogens (tertiary/aromatic N) is 1. The molecule has 0 radical (unpaired) electrons. The lowest BCUT2D eigenvalue weighted by molar-refractivity contribution is 0.102. The second kappa shape index (κ2) is 5.63. The van der Waals surface area contributed by atoms with Gasteiger partial charge in [0, 0.05) is 10.2 Å². The Hall–Kier alpha value is -2.52. The number of halogens is 1. The molecule has 0 atom stereocenters. The first-order valence-electron chi connectivity index (χ1n) is 5.61. The van der Waals surface area contributed by atoms with Gasteiger partial charge >= 0.3 is 0 Å². The van der Waals surface area contributed by atoms with E-state index in [2.05, 4.69) is 21.2 Å². The second-order valence-electron chi connectivity index (χ2n) is 4.03. The van der Waals surface area contributed by atoms with E-state index in [1.54, 1.807) is 18.2 Å². The Morgan fingerprint density at radius 3 is 2.75 bits per heavy atom. The van der Waals surface area contributed by atoms with Crippen molar-refractivity contribution in [2.75, 3.05) is 11.1 Å². The van der Waals surface area contributed by atoms with Gasteiger partial charge in [0.05, 0.1) is 16.8 Å². The third-order valence-corrected chi connectivity index (χ3v) is 3.11. The Labute approximate surface area is 123 Å². The third kappa shape index (κ3) is 2.90. The van der Waals surface area contributed by atoms with Crippen LogP contribution in [-0.2, 0) is 0 Å². The van der Waals surface area contributed by atoms with E-state index in [9.17, 15) is 9.90 Å². The number of nitrogen functional groups attached to an aromatic ring is 1.